The first-order chi connectivity index (χ1) is 18.1. The summed E-state index contributed by atoms with van der Waals surface area (Å²) in [5, 5.41) is 9.79. The number of benzene rings is 3. The molecule has 1 N–H and O–H groups in total. The van der Waals surface area contributed by atoms with E-state index in [4.69, 9.17) is 4.99 Å². The van der Waals surface area contributed by atoms with Crippen molar-refractivity contribution in [2.24, 2.45) is 4.99 Å². The Hall–Kier alpha value is -4.08. The molecule has 10 heteroatoms. The van der Waals surface area contributed by atoms with E-state index in [0.29, 0.717) is 43.4 Å². The number of nitrogens with zero attached hydrogens (tertiary/aromatic N) is 4. The number of fused-ring (bicyclic) bond motifs is 1. The lowest BCUT2D eigenvalue weighted by molar-refractivity contribution is -0.138. The number of anilines is 2. The van der Waals surface area contributed by atoms with Gasteiger partial charge in [-0.05, 0) is 55.5 Å². The third-order valence-electron chi connectivity index (χ3n) is 6.86. The molecule has 0 saturated carbocycles. The summed E-state index contributed by atoms with van der Waals surface area (Å²) in [6.45, 7) is 4.01. The molecule has 2 aliphatic heterocycles. The molecule has 0 aliphatic carbocycles. The van der Waals surface area contributed by atoms with Crippen LogP contribution in [-0.4, -0.2) is 48.1 Å². The zero-order chi connectivity index (χ0) is 27.0. The van der Waals surface area contributed by atoms with Gasteiger partial charge < -0.3 is 19.8 Å². The molecule has 2 heterocycles. The average Bonchev–Trinajstić information content (AvgIpc) is 2.88. The van der Waals surface area contributed by atoms with Gasteiger partial charge in [-0.2, -0.15) is 13.2 Å². The van der Waals surface area contributed by atoms with Crippen LogP contribution in [0.2, 0.25) is 0 Å². The zero-order valence-corrected chi connectivity index (χ0v) is 20.6. The van der Waals surface area contributed by atoms with Gasteiger partial charge in [-0.15, -0.1) is 0 Å². The Morgan fingerprint density at radius 1 is 0.947 bits per heavy atom. The molecule has 5 rings (SSSR count). The number of hydrogen-bond acceptors (Lipinski definition) is 5. The number of carbonyl (C=O) groups is 1. The molecule has 0 spiro atoms. The van der Waals surface area contributed by atoms with Crippen LogP contribution in [-0.2, 0) is 11.0 Å². The molecule has 0 aromatic heterocycles. The minimum absolute atomic E-state index is 0.220. The van der Waals surface area contributed by atoms with Crippen LogP contribution in [0.3, 0.4) is 0 Å². The summed E-state index contributed by atoms with van der Waals surface area (Å²) in [6.07, 6.45) is -4.87. The van der Waals surface area contributed by atoms with Gasteiger partial charge in [-0.25, -0.2) is 9.38 Å². The van der Waals surface area contributed by atoms with Crippen molar-refractivity contribution in [3.05, 3.63) is 89.2 Å². The zero-order valence-electron chi connectivity index (χ0n) is 20.6. The predicted octanol–water partition coefficient (Wildman–Crippen LogP) is 6.00. The minimum Gasteiger partial charge on any atom is -0.481 e. The second-order valence-electron chi connectivity index (χ2n) is 9.46. The summed E-state index contributed by atoms with van der Waals surface area (Å²) in [6, 6.07) is 15.9. The van der Waals surface area contributed by atoms with E-state index in [1.165, 1.54) is 18.2 Å². The van der Waals surface area contributed by atoms with Crippen molar-refractivity contribution in [3.63, 3.8) is 0 Å². The number of aryl methyl sites for hydroxylation is 1. The van der Waals surface area contributed by atoms with E-state index in [0.717, 1.165) is 23.4 Å². The topological polar surface area (TPSA) is 59.4 Å². The summed E-state index contributed by atoms with van der Waals surface area (Å²) in [5.41, 5.74) is 2.42. The molecule has 0 bridgehead atoms. The normalized spacial score (nSPS) is 17.8. The number of alkyl halides is 3. The Labute approximate surface area is 217 Å². The molecule has 6 nitrogen and oxygen atoms in total. The van der Waals surface area contributed by atoms with Gasteiger partial charge in [0, 0.05) is 43.1 Å². The van der Waals surface area contributed by atoms with Crippen molar-refractivity contribution < 1.29 is 27.5 Å². The van der Waals surface area contributed by atoms with Gasteiger partial charge in [0.2, 0.25) is 5.96 Å². The number of halogens is 4. The van der Waals surface area contributed by atoms with E-state index < -0.39 is 23.8 Å². The maximum Gasteiger partial charge on any atom is 0.416 e. The lowest BCUT2D eigenvalue weighted by atomic mass is 9.95. The number of rotatable bonds is 4. The van der Waals surface area contributed by atoms with Crippen LogP contribution >= 0.6 is 0 Å². The highest BCUT2D eigenvalue weighted by Gasteiger charge is 2.38. The number of aliphatic carboxylic acids is 1. The molecule has 1 atom stereocenters. The first-order valence-corrected chi connectivity index (χ1v) is 12.2. The highest BCUT2D eigenvalue weighted by Crippen LogP contribution is 2.42. The smallest absolute Gasteiger partial charge is 0.416 e. The molecule has 198 valence electrons. The van der Waals surface area contributed by atoms with E-state index >= 15 is 0 Å². The molecule has 0 radical (unpaired) electrons. The second kappa shape index (κ2) is 10.00. The monoisotopic (exact) mass is 526 g/mol. The maximum atomic E-state index is 13.6. The van der Waals surface area contributed by atoms with E-state index in [1.807, 2.05) is 30.0 Å². The highest BCUT2D eigenvalue weighted by atomic mass is 19.4. The summed E-state index contributed by atoms with van der Waals surface area (Å²) in [5.74, 6) is -0.980. The van der Waals surface area contributed by atoms with Crippen LogP contribution < -0.4 is 9.80 Å². The Morgan fingerprint density at radius 3 is 2.29 bits per heavy atom. The summed E-state index contributed by atoms with van der Waals surface area (Å²) >= 11 is 0. The van der Waals surface area contributed by atoms with E-state index in [9.17, 15) is 27.5 Å². The number of carboxylic acids is 1. The van der Waals surface area contributed by atoms with Gasteiger partial charge in [0.25, 0.3) is 0 Å². The molecule has 3 aromatic rings. The van der Waals surface area contributed by atoms with Crippen molar-refractivity contribution >= 4 is 29.0 Å². The van der Waals surface area contributed by atoms with Crippen molar-refractivity contribution in [2.75, 3.05) is 36.0 Å². The quantitative estimate of drug-likeness (QED) is 0.423. The van der Waals surface area contributed by atoms with Gasteiger partial charge in [-0.1, -0.05) is 23.8 Å². The van der Waals surface area contributed by atoms with Gasteiger partial charge in [0.1, 0.15) is 5.82 Å². The Morgan fingerprint density at radius 2 is 1.63 bits per heavy atom. The lowest BCUT2D eigenvalue weighted by Gasteiger charge is -2.45. The van der Waals surface area contributed by atoms with E-state index in [-0.39, 0.29) is 17.9 Å². The third-order valence-corrected chi connectivity index (χ3v) is 6.86. The average molecular weight is 527 g/mol. The van der Waals surface area contributed by atoms with E-state index in [2.05, 4.69) is 4.90 Å². The molecule has 3 aromatic carbocycles. The van der Waals surface area contributed by atoms with Crippen molar-refractivity contribution in [1.82, 2.24) is 4.90 Å². The van der Waals surface area contributed by atoms with Crippen molar-refractivity contribution in [1.29, 1.82) is 0 Å². The molecule has 1 saturated heterocycles. The SMILES string of the molecule is Cc1ccc2c(c1)C(CC(=O)O)N(c1cccc(C(F)(F)F)c1)C(N1CCN(c3ccc(F)cc3)CC1)=N2. The van der Waals surface area contributed by atoms with Crippen LogP contribution in [0.15, 0.2) is 71.7 Å². The number of aliphatic imine (C=N–C) groups is 1. The fraction of sp³-hybridized carbons (Fsp3) is 0.286. The van der Waals surface area contributed by atoms with Crippen LogP contribution in [0.5, 0.6) is 0 Å². The summed E-state index contributed by atoms with van der Waals surface area (Å²) < 4.78 is 54.3. The lowest BCUT2D eigenvalue weighted by Crippen LogP contribution is -2.55. The number of carboxylic acid groups (broad SMARTS) is 1. The number of piperazine rings is 1. The standard InChI is InChI=1S/C28H26F4N4O2/c1-18-5-10-24-23(15-18)25(17-26(37)38)36(22-4-2-3-19(16-22)28(30,31)32)27(33-24)35-13-11-34(12-14-35)21-8-6-20(29)7-9-21/h2-10,15-16,25H,11-14,17H2,1H3,(H,37,38). The fourth-order valence-corrected chi connectivity index (χ4v) is 5.02. The fourth-order valence-electron chi connectivity index (χ4n) is 5.02. The molecule has 2 aliphatic rings. The Balaban J connectivity index is 1.55. The van der Waals surface area contributed by atoms with Crippen LogP contribution in [0.4, 0.5) is 34.6 Å². The highest BCUT2D eigenvalue weighted by molar-refractivity contribution is 6.01. The Kier molecular flexibility index (Phi) is 6.73. The van der Waals surface area contributed by atoms with Gasteiger partial charge in [-0.3, -0.25) is 4.79 Å². The predicted molar refractivity (Wildman–Crippen MR) is 137 cm³/mol. The molecular formula is C28H26F4N4O2. The van der Waals surface area contributed by atoms with Crippen LogP contribution in [0.25, 0.3) is 0 Å². The third kappa shape index (κ3) is 5.16. The molecule has 1 unspecified atom stereocenters. The second-order valence-corrected chi connectivity index (χ2v) is 9.46. The summed E-state index contributed by atoms with van der Waals surface area (Å²) in [4.78, 5) is 22.5. The van der Waals surface area contributed by atoms with Crippen LogP contribution in [0.1, 0.15) is 29.2 Å². The molecule has 38 heavy (non-hydrogen) atoms. The summed E-state index contributed by atoms with van der Waals surface area (Å²) in [7, 11) is 0. The van der Waals surface area contributed by atoms with Crippen molar-refractivity contribution in [3.8, 4) is 0 Å². The van der Waals surface area contributed by atoms with Gasteiger partial charge in [0.15, 0.2) is 0 Å². The maximum absolute atomic E-state index is 13.6. The largest absolute Gasteiger partial charge is 0.481 e. The first-order valence-electron chi connectivity index (χ1n) is 12.2. The number of hydrogen-bond donors (Lipinski definition) is 1. The van der Waals surface area contributed by atoms with Gasteiger partial charge >= 0.3 is 12.1 Å². The van der Waals surface area contributed by atoms with Crippen LogP contribution in [0, 0.1) is 12.7 Å². The van der Waals surface area contributed by atoms with E-state index in [1.54, 1.807) is 23.1 Å². The minimum atomic E-state index is -4.55. The Bertz CT molecular complexity index is 1370. The first kappa shape index (κ1) is 25.6. The molecular weight excluding hydrogens is 500 g/mol. The molecule has 0 amide bonds. The molecule has 1 fully saturated rings. The van der Waals surface area contributed by atoms with Crippen molar-refractivity contribution in [2.45, 2.75) is 25.6 Å². The van der Waals surface area contributed by atoms with Gasteiger partial charge in [0.05, 0.1) is 23.7 Å². The number of guanidine groups is 1.